The van der Waals surface area contributed by atoms with Gasteiger partial charge in [0, 0.05) is 0 Å². The second-order valence-electron chi connectivity index (χ2n) is 4.34. The monoisotopic (exact) mass is 255 g/mol. The number of nitrogen functional groups attached to an aromatic ring is 1. The van der Waals surface area contributed by atoms with Gasteiger partial charge in [0.25, 0.3) is 0 Å². The van der Waals surface area contributed by atoms with Gasteiger partial charge in [0.15, 0.2) is 5.78 Å². The van der Waals surface area contributed by atoms with Crippen LogP contribution < -0.4 is 5.73 Å². The molecule has 0 bridgehead atoms. The Balaban J connectivity index is 2.98. The maximum absolute atomic E-state index is 11.8. The second kappa shape index (κ2) is 5.31. The van der Waals surface area contributed by atoms with E-state index in [4.69, 9.17) is 10.5 Å². The maximum atomic E-state index is 11.8. The predicted molar refractivity (Wildman–Crippen MR) is 68.6 cm³/mol. The highest BCUT2D eigenvalue weighted by atomic mass is 32.1. The van der Waals surface area contributed by atoms with Crippen molar-refractivity contribution in [1.29, 1.82) is 0 Å². The minimum atomic E-state index is -0.447. The topological polar surface area (TPSA) is 69.4 Å². The Kier molecular flexibility index (Phi) is 4.28. The lowest BCUT2D eigenvalue weighted by atomic mass is 10.1. The van der Waals surface area contributed by atoms with E-state index < -0.39 is 5.97 Å². The van der Waals surface area contributed by atoms with Crippen LogP contribution in [-0.2, 0) is 4.74 Å². The molecular formula is C12H17NO3S. The molecule has 0 aliphatic heterocycles. The van der Waals surface area contributed by atoms with Crippen molar-refractivity contribution in [3.63, 3.8) is 0 Å². The van der Waals surface area contributed by atoms with E-state index in [0.29, 0.717) is 27.6 Å². The molecule has 2 N–H and O–H groups in total. The van der Waals surface area contributed by atoms with Crippen molar-refractivity contribution in [1.82, 2.24) is 0 Å². The molecule has 1 rings (SSSR count). The Morgan fingerprint density at radius 2 is 2.00 bits per heavy atom. The molecule has 0 unspecified atom stereocenters. The van der Waals surface area contributed by atoms with Gasteiger partial charge >= 0.3 is 5.97 Å². The Morgan fingerprint density at radius 1 is 1.41 bits per heavy atom. The highest BCUT2D eigenvalue weighted by Crippen LogP contribution is 2.31. The van der Waals surface area contributed by atoms with Crippen LogP contribution in [0.4, 0.5) is 5.00 Å². The molecule has 1 aromatic rings. The van der Waals surface area contributed by atoms with Crippen molar-refractivity contribution in [2.24, 2.45) is 5.92 Å². The Morgan fingerprint density at radius 3 is 2.41 bits per heavy atom. The summed E-state index contributed by atoms with van der Waals surface area (Å²) < 4.78 is 5.12. The Bertz CT molecular complexity index is 449. The summed E-state index contributed by atoms with van der Waals surface area (Å²) in [6.45, 7) is 7.44. The van der Waals surface area contributed by atoms with Crippen LogP contribution in [0.15, 0.2) is 0 Å². The Labute approximate surface area is 105 Å². The first-order valence-electron chi connectivity index (χ1n) is 5.41. The van der Waals surface area contributed by atoms with E-state index in [0.717, 1.165) is 11.3 Å². The van der Waals surface area contributed by atoms with Gasteiger partial charge in [-0.25, -0.2) is 4.79 Å². The third kappa shape index (κ3) is 3.06. The van der Waals surface area contributed by atoms with Gasteiger partial charge in [0.1, 0.15) is 5.00 Å². The van der Waals surface area contributed by atoms with Crippen molar-refractivity contribution < 1.29 is 14.3 Å². The first kappa shape index (κ1) is 13.7. The fourth-order valence-corrected chi connectivity index (χ4v) is 2.40. The predicted octanol–water partition coefficient (Wildman–Crippen LogP) is 2.65. The molecule has 0 aliphatic rings. The van der Waals surface area contributed by atoms with Crippen LogP contribution in [-0.4, -0.2) is 18.4 Å². The number of rotatable bonds is 4. The molecule has 0 saturated carbocycles. The van der Waals surface area contributed by atoms with Crippen LogP contribution in [0, 0.1) is 12.8 Å². The summed E-state index contributed by atoms with van der Waals surface area (Å²) in [5.41, 5.74) is 6.71. The van der Waals surface area contributed by atoms with Crippen molar-refractivity contribution in [2.75, 3.05) is 12.3 Å². The number of ether oxygens (including phenoxy) is 1. The fourth-order valence-electron chi connectivity index (χ4n) is 1.44. The second-order valence-corrected chi connectivity index (χ2v) is 5.40. The van der Waals surface area contributed by atoms with Gasteiger partial charge in [-0.3, -0.25) is 4.79 Å². The number of nitrogens with two attached hydrogens (primary N) is 1. The lowest BCUT2D eigenvalue weighted by Gasteiger charge is -2.07. The first-order chi connectivity index (χ1) is 7.84. The third-order valence-corrected chi connectivity index (χ3v) is 3.47. The maximum Gasteiger partial charge on any atom is 0.341 e. The highest BCUT2D eigenvalue weighted by Gasteiger charge is 2.22. The lowest BCUT2D eigenvalue weighted by Crippen LogP contribution is -2.12. The van der Waals surface area contributed by atoms with E-state index in [1.807, 2.05) is 13.8 Å². The number of ketones is 1. The van der Waals surface area contributed by atoms with Gasteiger partial charge in [-0.2, -0.15) is 0 Å². The average Bonchev–Trinajstić information content (AvgIpc) is 2.51. The van der Waals surface area contributed by atoms with Crippen LogP contribution in [0.5, 0.6) is 0 Å². The number of hydrogen-bond acceptors (Lipinski definition) is 5. The molecule has 94 valence electrons. The summed E-state index contributed by atoms with van der Waals surface area (Å²) >= 11 is 1.14. The standard InChI is InChI=1S/C12H17NO3S/c1-6(2)5-16-12(15)9-7(3)10(8(4)14)17-11(9)13/h6H,5,13H2,1-4H3. The molecule has 0 atom stereocenters. The van der Waals surface area contributed by atoms with Gasteiger partial charge in [-0.05, 0) is 25.3 Å². The van der Waals surface area contributed by atoms with E-state index in [1.165, 1.54) is 6.92 Å². The molecule has 0 amide bonds. The molecule has 5 heteroatoms. The molecular weight excluding hydrogens is 238 g/mol. The summed E-state index contributed by atoms with van der Waals surface area (Å²) in [5, 5.41) is 0.349. The molecule has 17 heavy (non-hydrogen) atoms. The molecule has 0 radical (unpaired) electrons. The average molecular weight is 255 g/mol. The van der Waals surface area contributed by atoms with Crippen LogP contribution in [0.25, 0.3) is 0 Å². The number of esters is 1. The fraction of sp³-hybridized carbons (Fsp3) is 0.500. The molecule has 1 heterocycles. The summed E-state index contributed by atoms with van der Waals surface area (Å²) in [5.74, 6) is -0.258. The van der Waals surface area contributed by atoms with Crippen LogP contribution in [0.1, 0.15) is 46.4 Å². The van der Waals surface area contributed by atoms with Crippen LogP contribution in [0.3, 0.4) is 0 Å². The lowest BCUT2D eigenvalue weighted by molar-refractivity contribution is 0.0460. The smallest absolute Gasteiger partial charge is 0.341 e. The van der Waals surface area contributed by atoms with Crippen molar-refractivity contribution in [3.8, 4) is 0 Å². The van der Waals surface area contributed by atoms with Crippen molar-refractivity contribution in [2.45, 2.75) is 27.7 Å². The van der Waals surface area contributed by atoms with Crippen LogP contribution >= 0.6 is 11.3 Å². The number of hydrogen-bond donors (Lipinski definition) is 1. The van der Waals surface area contributed by atoms with Gasteiger partial charge < -0.3 is 10.5 Å². The van der Waals surface area contributed by atoms with Crippen molar-refractivity contribution >= 4 is 28.1 Å². The third-order valence-electron chi connectivity index (χ3n) is 2.25. The number of Topliss-reactive ketones (excluding diaryl/α,β-unsaturated/α-hetero) is 1. The molecule has 1 aromatic heterocycles. The van der Waals surface area contributed by atoms with E-state index in [9.17, 15) is 9.59 Å². The zero-order chi connectivity index (χ0) is 13.2. The summed E-state index contributed by atoms with van der Waals surface area (Å²) in [6.07, 6.45) is 0. The minimum Gasteiger partial charge on any atom is -0.462 e. The van der Waals surface area contributed by atoms with E-state index in [1.54, 1.807) is 6.92 Å². The van der Waals surface area contributed by atoms with Crippen molar-refractivity contribution in [3.05, 3.63) is 16.0 Å². The number of thiophene rings is 1. The number of carbonyl (C=O) groups is 2. The zero-order valence-corrected chi connectivity index (χ0v) is 11.3. The van der Waals surface area contributed by atoms with E-state index in [-0.39, 0.29) is 11.7 Å². The molecule has 0 fully saturated rings. The SMILES string of the molecule is CC(=O)c1sc(N)c(C(=O)OCC(C)C)c1C. The number of carbonyl (C=O) groups excluding carboxylic acids is 2. The van der Waals surface area contributed by atoms with Gasteiger partial charge in [0.05, 0.1) is 17.0 Å². The molecule has 0 aromatic carbocycles. The summed E-state index contributed by atoms with van der Waals surface area (Å²) in [4.78, 5) is 23.7. The molecule has 0 saturated heterocycles. The quantitative estimate of drug-likeness (QED) is 0.663. The van der Waals surface area contributed by atoms with E-state index >= 15 is 0 Å². The number of anilines is 1. The highest BCUT2D eigenvalue weighted by molar-refractivity contribution is 7.18. The molecule has 4 nitrogen and oxygen atoms in total. The van der Waals surface area contributed by atoms with Gasteiger partial charge in [0.2, 0.25) is 0 Å². The summed E-state index contributed by atoms with van der Waals surface area (Å²) in [7, 11) is 0. The van der Waals surface area contributed by atoms with Gasteiger partial charge in [-0.1, -0.05) is 13.8 Å². The van der Waals surface area contributed by atoms with Gasteiger partial charge in [-0.15, -0.1) is 11.3 Å². The molecule has 0 spiro atoms. The largest absolute Gasteiger partial charge is 0.462 e. The zero-order valence-electron chi connectivity index (χ0n) is 10.5. The Hall–Kier alpha value is -1.36. The summed E-state index contributed by atoms with van der Waals surface area (Å²) in [6, 6.07) is 0. The first-order valence-corrected chi connectivity index (χ1v) is 6.23. The normalized spacial score (nSPS) is 10.6. The molecule has 0 aliphatic carbocycles. The minimum absolute atomic E-state index is 0.0814. The van der Waals surface area contributed by atoms with Crippen LogP contribution in [0.2, 0.25) is 0 Å². The van der Waals surface area contributed by atoms with E-state index in [2.05, 4.69) is 0 Å².